The number of nitrogens with one attached hydrogen (secondary N) is 1. The van der Waals surface area contributed by atoms with Crippen LogP contribution in [0.5, 0.6) is 0 Å². The average molecular weight is 343 g/mol. The lowest BCUT2D eigenvalue weighted by Gasteiger charge is -2.33. The SMILES string of the molecule is CCCn1c(CN2CCN(CC)CC2)nc2cc(NC(C)=O)ccc21. The third kappa shape index (κ3) is 4.19. The molecule has 0 bridgehead atoms. The van der Waals surface area contributed by atoms with Crippen molar-refractivity contribution in [2.45, 2.75) is 40.3 Å². The Bertz CT molecular complexity index is 731. The summed E-state index contributed by atoms with van der Waals surface area (Å²) < 4.78 is 2.33. The molecule has 6 heteroatoms. The fourth-order valence-corrected chi connectivity index (χ4v) is 3.52. The second-order valence-corrected chi connectivity index (χ2v) is 6.77. The molecule has 3 rings (SSSR count). The molecule has 1 N–H and O–H groups in total. The maximum absolute atomic E-state index is 11.3. The van der Waals surface area contributed by atoms with Gasteiger partial charge in [0.15, 0.2) is 0 Å². The number of aromatic nitrogens is 2. The number of likely N-dealkylation sites (N-methyl/N-ethyl adjacent to an activating group) is 1. The van der Waals surface area contributed by atoms with Gasteiger partial charge in [0.1, 0.15) is 5.82 Å². The average Bonchev–Trinajstić information content (AvgIpc) is 2.92. The number of hydrogen-bond donors (Lipinski definition) is 1. The molecular weight excluding hydrogens is 314 g/mol. The van der Waals surface area contributed by atoms with Gasteiger partial charge in [-0.3, -0.25) is 9.69 Å². The van der Waals surface area contributed by atoms with Crippen molar-refractivity contribution >= 4 is 22.6 Å². The first-order valence-electron chi connectivity index (χ1n) is 9.32. The van der Waals surface area contributed by atoms with Crippen LogP contribution in [0.25, 0.3) is 11.0 Å². The van der Waals surface area contributed by atoms with Crippen molar-refractivity contribution < 1.29 is 4.79 Å². The van der Waals surface area contributed by atoms with E-state index in [1.54, 1.807) is 0 Å². The topological polar surface area (TPSA) is 53.4 Å². The van der Waals surface area contributed by atoms with Crippen LogP contribution < -0.4 is 5.32 Å². The van der Waals surface area contributed by atoms with Crippen molar-refractivity contribution in [1.29, 1.82) is 0 Å². The molecule has 0 unspecified atom stereocenters. The van der Waals surface area contributed by atoms with E-state index in [-0.39, 0.29) is 5.91 Å². The highest BCUT2D eigenvalue weighted by molar-refractivity contribution is 5.91. The fraction of sp³-hybridized carbons (Fsp3) is 0.579. The molecular formula is C19H29N5O. The molecule has 1 aliphatic rings. The van der Waals surface area contributed by atoms with E-state index in [1.807, 2.05) is 12.1 Å². The van der Waals surface area contributed by atoms with E-state index < -0.39 is 0 Å². The van der Waals surface area contributed by atoms with E-state index in [9.17, 15) is 4.79 Å². The molecule has 1 aliphatic heterocycles. The van der Waals surface area contributed by atoms with Crippen LogP contribution in [0.4, 0.5) is 5.69 Å². The Morgan fingerprint density at radius 2 is 1.88 bits per heavy atom. The Morgan fingerprint density at radius 3 is 2.52 bits per heavy atom. The number of carbonyl (C=O) groups excluding carboxylic acids is 1. The molecule has 136 valence electrons. The number of fused-ring (bicyclic) bond motifs is 1. The Labute approximate surface area is 149 Å². The summed E-state index contributed by atoms with van der Waals surface area (Å²) in [5, 5.41) is 2.85. The van der Waals surface area contributed by atoms with Gasteiger partial charge in [0.2, 0.25) is 5.91 Å². The number of aryl methyl sites for hydroxylation is 1. The Balaban J connectivity index is 1.83. The van der Waals surface area contributed by atoms with E-state index in [1.165, 1.54) is 6.92 Å². The van der Waals surface area contributed by atoms with Crippen LogP contribution in [0.2, 0.25) is 0 Å². The minimum Gasteiger partial charge on any atom is -0.327 e. The first-order chi connectivity index (χ1) is 12.1. The van der Waals surface area contributed by atoms with Crippen LogP contribution in [-0.4, -0.2) is 58.0 Å². The second-order valence-electron chi connectivity index (χ2n) is 6.77. The zero-order chi connectivity index (χ0) is 17.8. The van der Waals surface area contributed by atoms with Gasteiger partial charge in [0.25, 0.3) is 0 Å². The van der Waals surface area contributed by atoms with E-state index in [2.05, 4.69) is 39.6 Å². The van der Waals surface area contributed by atoms with Crippen LogP contribution in [0.3, 0.4) is 0 Å². The second kappa shape index (κ2) is 7.97. The Morgan fingerprint density at radius 1 is 1.16 bits per heavy atom. The van der Waals surface area contributed by atoms with Gasteiger partial charge < -0.3 is 14.8 Å². The van der Waals surface area contributed by atoms with Crippen LogP contribution in [0.1, 0.15) is 33.0 Å². The van der Waals surface area contributed by atoms with Crippen molar-refractivity contribution in [3.63, 3.8) is 0 Å². The summed E-state index contributed by atoms with van der Waals surface area (Å²) in [7, 11) is 0. The molecule has 0 radical (unpaired) electrons. The van der Waals surface area contributed by atoms with Gasteiger partial charge in [-0.2, -0.15) is 0 Å². The van der Waals surface area contributed by atoms with E-state index >= 15 is 0 Å². The van der Waals surface area contributed by atoms with Crippen molar-refractivity contribution in [3.05, 3.63) is 24.0 Å². The van der Waals surface area contributed by atoms with Crippen molar-refractivity contribution in [2.75, 3.05) is 38.0 Å². The van der Waals surface area contributed by atoms with Crippen LogP contribution in [-0.2, 0) is 17.9 Å². The molecule has 1 aromatic carbocycles. The summed E-state index contributed by atoms with van der Waals surface area (Å²) in [5.74, 6) is 1.07. The van der Waals surface area contributed by atoms with Crippen molar-refractivity contribution in [3.8, 4) is 0 Å². The molecule has 1 aromatic heterocycles. The molecule has 1 fully saturated rings. The quantitative estimate of drug-likeness (QED) is 0.876. The molecule has 25 heavy (non-hydrogen) atoms. The van der Waals surface area contributed by atoms with Gasteiger partial charge in [0.05, 0.1) is 17.6 Å². The van der Waals surface area contributed by atoms with Crippen LogP contribution in [0, 0.1) is 0 Å². The monoisotopic (exact) mass is 343 g/mol. The molecule has 0 saturated carbocycles. The first kappa shape index (κ1) is 17.9. The summed E-state index contributed by atoms with van der Waals surface area (Å²) >= 11 is 0. The predicted octanol–water partition coefficient (Wildman–Crippen LogP) is 2.54. The number of nitrogens with zero attached hydrogens (tertiary/aromatic N) is 4. The van der Waals surface area contributed by atoms with Gasteiger partial charge >= 0.3 is 0 Å². The standard InChI is InChI=1S/C19H29N5O/c1-4-8-24-18-7-6-16(20-15(3)25)13-17(18)21-19(24)14-23-11-9-22(5-2)10-12-23/h6-7,13H,4-5,8-12,14H2,1-3H3,(H,20,25). The predicted molar refractivity (Wildman–Crippen MR) is 102 cm³/mol. The van der Waals surface area contributed by atoms with Gasteiger partial charge in [-0.1, -0.05) is 13.8 Å². The summed E-state index contributed by atoms with van der Waals surface area (Å²) in [6.45, 7) is 13.4. The molecule has 2 heterocycles. The molecule has 1 saturated heterocycles. The number of benzene rings is 1. The summed E-state index contributed by atoms with van der Waals surface area (Å²) in [5.41, 5.74) is 2.92. The summed E-state index contributed by atoms with van der Waals surface area (Å²) in [4.78, 5) is 21.2. The third-order valence-electron chi connectivity index (χ3n) is 4.87. The van der Waals surface area contributed by atoms with Crippen LogP contribution in [0.15, 0.2) is 18.2 Å². The van der Waals surface area contributed by atoms with Gasteiger partial charge in [-0.25, -0.2) is 4.98 Å². The van der Waals surface area contributed by atoms with E-state index in [0.29, 0.717) is 0 Å². The number of carbonyl (C=O) groups is 1. The maximum Gasteiger partial charge on any atom is 0.221 e. The van der Waals surface area contributed by atoms with Gasteiger partial charge in [-0.05, 0) is 31.2 Å². The largest absolute Gasteiger partial charge is 0.327 e. The lowest BCUT2D eigenvalue weighted by molar-refractivity contribution is -0.114. The zero-order valence-electron chi connectivity index (χ0n) is 15.6. The van der Waals surface area contributed by atoms with Crippen LogP contribution >= 0.6 is 0 Å². The van der Waals surface area contributed by atoms with E-state index in [4.69, 9.17) is 4.98 Å². The zero-order valence-corrected chi connectivity index (χ0v) is 15.6. The first-order valence-corrected chi connectivity index (χ1v) is 9.32. The van der Waals surface area contributed by atoms with Crippen molar-refractivity contribution in [2.24, 2.45) is 0 Å². The highest BCUT2D eigenvalue weighted by Crippen LogP contribution is 2.22. The molecule has 1 amide bonds. The number of hydrogen-bond acceptors (Lipinski definition) is 4. The molecule has 0 atom stereocenters. The molecule has 0 spiro atoms. The fourth-order valence-electron chi connectivity index (χ4n) is 3.52. The number of amides is 1. The number of piperazine rings is 1. The number of rotatable bonds is 6. The third-order valence-corrected chi connectivity index (χ3v) is 4.87. The lowest BCUT2D eigenvalue weighted by atomic mass is 10.2. The normalized spacial score (nSPS) is 16.4. The van der Waals surface area contributed by atoms with E-state index in [0.717, 1.165) is 74.8 Å². The minimum atomic E-state index is -0.0543. The molecule has 6 nitrogen and oxygen atoms in total. The smallest absolute Gasteiger partial charge is 0.221 e. The van der Waals surface area contributed by atoms with Crippen molar-refractivity contribution in [1.82, 2.24) is 19.4 Å². The highest BCUT2D eigenvalue weighted by atomic mass is 16.1. The Kier molecular flexibility index (Phi) is 5.71. The Hall–Kier alpha value is -1.92. The molecule has 0 aliphatic carbocycles. The number of imidazole rings is 1. The highest BCUT2D eigenvalue weighted by Gasteiger charge is 2.19. The summed E-state index contributed by atoms with van der Waals surface area (Å²) in [6.07, 6.45) is 1.08. The minimum absolute atomic E-state index is 0.0543. The summed E-state index contributed by atoms with van der Waals surface area (Å²) in [6, 6.07) is 6.00. The van der Waals surface area contributed by atoms with Gasteiger partial charge in [-0.15, -0.1) is 0 Å². The lowest BCUT2D eigenvalue weighted by Crippen LogP contribution is -2.45. The maximum atomic E-state index is 11.3. The number of anilines is 1. The van der Waals surface area contributed by atoms with Gasteiger partial charge in [0, 0.05) is 45.3 Å². The molecule has 2 aromatic rings.